The molecule has 1 aromatic carbocycles. The first-order chi connectivity index (χ1) is 19.1. The highest BCUT2D eigenvalue weighted by molar-refractivity contribution is 5.93. The maximum atomic E-state index is 13.6. The van der Waals surface area contributed by atoms with E-state index in [1.54, 1.807) is 37.7 Å². The summed E-state index contributed by atoms with van der Waals surface area (Å²) in [5.41, 5.74) is 1.82. The van der Waals surface area contributed by atoms with Gasteiger partial charge in [0.15, 0.2) is 0 Å². The minimum atomic E-state index is -0.143. The summed E-state index contributed by atoms with van der Waals surface area (Å²) in [6.45, 7) is 2.66. The van der Waals surface area contributed by atoms with E-state index in [9.17, 15) is 9.59 Å². The maximum absolute atomic E-state index is 13.6. The average Bonchev–Trinajstić information content (AvgIpc) is 2.99. The number of para-hydroxylation sites is 1. The predicted molar refractivity (Wildman–Crippen MR) is 146 cm³/mol. The van der Waals surface area contributed by atoms with E-state index in [0.717, 1.165) is 44.3 Å². The molecule has 5 rings (SSSR count). The van der Waals surface area contributed by atoms with Gasteiger partial charge in [-0.1, -0.05) is 30.7 Å². The van der Waals surface area contributed by atoms with E-state index < -0.39 is 0 Å². The van der Waals surface area contributed by atoms with Crippen molar-refractivity contribution < 1.29 is 19.1 Å². The zero-order valence-electron chi connectivity index (χ0n) is 22.4. The summed E-state index contributed by atoms with van der Waals surface area (Å²) < 4.78 is 11.4. The van der Waals surface area contributed by atoms with Crippen LogP contribution in [0, 0.1) is 5.41 Å². The summed E-state index contributed by atoms with van der Waals surface area (Å²) in [5, 5.41) is 0. The third kappa shape index (κ3) is 6.35. The number of ether oxygens (including phenoxy) is 2. The molecule has 2 aromatic heterocycles. The molecule has 3 aromatic rings. The van der Waals surface area contributed by atoms with Crippen molar-refractivity contribution in [3.63, 3.8) is 0 Å². The number of benzene rings is 1. The van der Waals surface area contributed by atoms with Crippen molar-refractivity contribution in [3.8, 4) is 11.6 Å². The van der Waals surface area contributed by atoms with Gasteiger partial charge in [-0.2, -0.15) is 0 Å². The van der Waals surface area contributed by atoms with Gasteiger partial charge in [-0.15, -0.1) is 0 Å². The molecule has 2 aliphatic heterocycles. The lowest BCUT2D eigenvalue weighted by Crippen LogP contribution is -2.50. The van der Waals surface area contributed by atoms with Gasteiger partial charge in [-0.25, -0.2) is 9.97 Å². The van der Waals surface area contributed by atoms with Crippen LogP contribution in [0.1, 0.15) is 58.6 Å². The standard InChI is InChI=1S/C30H35N5O4/c1-38-27-11-6-9-24(33-27)28(36)34-17-13-30(14-18-34)12-5-4-8-23-7-2-3-10-26(23)39-20-19-35(22-30)29(37)25-21-31-15-16-32-25/h2-3,6-7,9-11,15-16,21H,4-5,8,12-14,17-20,22H2,1H3. The van der Waals surface area contributed by atoms with Crippen molar-refractivity contribution >= 4 is 11.8 Å². The highest BCUT2D eigenvalue weighted by Gasteiger charge is 2.39. The van der Waals surface area contributed by atoms with E-state index in [1.807, 2.05) is 28.0 Å². The number of piperidine rings is 1. The molecule has 0 N–H and O–H groups in total. The fraction of sp³-hybridized carbons (Fsp3) is 0.433. The van der Waals surface area contributed by atoms with Crippen LogP contribution >= 0.6 is 0 Å². The van der Waals surface area contributed by atoms with E-state index in [0.29, 0.717) is 50.1 Å². The molecule has 0 saturated carbocycles. The molecule has 204 valence electrons. The third-order valence-electron chi connectivity index (χ3n) is 7.85. The minimum Gasteiger partial charge on any atom is -0.491 e. The SMILES string of the molecule is COc1cccc(C(=O)N2CCC3(CCCCc4ccccc4OCCN(C(=O)c4cnccn4)C3)CC2)n1. The molecule has 0 unspecified atom stereocenters. The van der Waals surface area contributed by atoms with Gasteiger partial charge in [0.25, 0.3) is 11.8 Å². The summed E-state index contributed by atoms with van der Waals surface area (Å²) in [4.78, 5) is 43.3. The third-order valence-corrected chi connectivity index (χ3v) is 7.85. The summed E-state index contributed by atoms with van der Waals surface area (Å²) in [5.74, 6) is 1.08. The van der Waals surface area contributed by atoms with Gasteiger partial charge in [0.1, 0.15) is 23.7 Å². The number of hydrogen-bond donors (Lipinski definition) is 0. The Morgan fingerprint density at radius 3 is 2.51 bits per heavy atom. The fourth-order valence-corrected chi connectivity index (χ4v) is 5.64. The Labute approximate surface area is 229 Å². The van der Waals surface area contributed by atoms with Crippen LogP contribution in [0.3, 0.4) is 0 Å². The molecule has 4 heterocycles. The monoisotopic (exact) mass is 529 g/mol. The van der Waals surface area contributed by atoms with Crippen LogP contribution in [0.4, 0.5) is 0 Å². The Hall–Kier alpha value is -4.01. The number of fused-ring (bicyclic) bond motifs is 1. The molecule has 0 radical (unpaired) electrons. The topological polar surface area (TPSA) is 97.8 Å². The number of aromatic nitrogens is 3. The van der Waals surface area contributed by atoms with E-state index in [4.69, 9.17) is 9.47 Å². The normalized spacial score (nSPS) is 17.8. The molecule has 39 heavy (non-hydrogen) atoms. The Morgan fingerprint density at radius 2 is 1.72 bits per heavy atom. The molecule has 9 nitrogen and oxygen atoms in total. The van der Waals surface area contributed by atoms with Gasteiger partial charge < -0.3 is 19.3 Å². The molecule has 1 spiro atoms. The summed E-state index contributed by atoms with van der Waals surface area (Å²) >= 11 is 0. The van der Waals surface area contributed by atoms with Crippen molar-refractivity contribution in [2.24, 2.45) is 5.41 Å². The Balaban J connectivity index is 1.35. The molecule has 0 bridgehead atoms. The Kier molecular flexibility index (Phi) is 8.34. The Morgan fingerprint density at radius 1 is 0.897 bits per heavy atom. The molecule has 2 aliphatic rings. The zero-order chi connectivity index (χ0) is 27.1. The van der Waals surface area contributed by atoms with Crippen molar-refractivity contribution in [1.82, 2.24) is 24.8 Å². The van der Waals surface area contributed by atoms with E-state index in [2.05, 4.69) is 21.0 Å². The van der Waals surface area contributed by atoms with Gasteiger partial charge >= 0.3 is 0 Å². The molecule has 0 aliphatic carbocycles. The number of carbonyl (C=O) groups excluding carboxylic acids is 2. The molecule has 9 heteroatoms. The zero-order valence-corrected chi connectivity index (χ0v) is 22.4. The second-order valence-electron chi connectivity index (χ2n) is 10.3. The molecule has 0 atom stereocenters. The van der Waals surface area contributed by atoms with Crippen LogP contribution in [0.5, 0.6) is 11.6 Å². The van der Waals surface area contributed by atoms with Gasteiger partial charge in [0, 0.05) is 38.1 Å². The lowest BCUT2D eigenvalue weighted by molar-refractivity contribution is 0.0323. The fourth-order valence-electron chi connectivity index (χ4n) is 5.64. The largest absolute Gasteiger partial charge is 0.491 e. The van der Waals surface area contributed by atoms with Crippen molar-refractivity contribution in [3.05, 3.63) is 78.0 Å². The molecular formula is C30H35N5O4. The van der Waals surface area contributed by atoms with Crippen LogP contribution in [0.15, 0.2) is 61.1 Å². The van der Waals surface area contributed by atoms with E-state index in [-0.39, 0.29) is 17.2 Å². The van der Waals surface area contributed by atoms with Crippen LogP contribution in [-0.2, 0) is 6.42 Å². The first kappa shape index (κ1) is 26.6. The summed E-state index contributed by atoms with van der Waals surface area (Å²) in [6, 6.07) is 13.4. The first-order valence-corrected chi connectivity index (χ1v) is 13.6. The van der Waals surface area contributed by atoms with Gasteiger partial charge in [0.2, 0.25) is 5.88 Å². The highest BCUT2D eigenvalue weighted by Crippen LogP contribution is 2.39. The van der Waals surface area contributed by atoms with Crippen molar-refractivity contribution in [2.45, 2.75) is 38.5 Å². The molecule has 1 fully saturated rings. The summed E-state index contributed by atoms with van der Waals surface area (Å²) in [7, 11) is 1.54. The van der Waals surface area contributed by atoms with Crippen molar-refractivity contribution in [1.29, 1.82) is 0 Å². The van der Waals surface area contributed by atoms with Gasteiger partial charge in [0.05, 0.1) is 19.9 Å². The number of nitrogens with zero attached hydrogens (tertiary/aromatic N) is 5. The lowest BCUT2D eigenvalue weighted by Gasteiger charge is -2.44. The molecule has 2 amide bonds. The highest BCUT2D eigenvalue weighted by atomic mass is 16.5. The smallest absolute Gasteiger partial charge is 0.274 e. The van der Waals surface area contributed by atoms with Crippen LogP contribution < -0.4 is 9.47 Å². The van der Waals surface area contributed by atoms with Crippen molar-refractivity contribution in [2.75, 3.05) is 39.9 Å². The summed E-state index contributed by atoms with van der Waals surface area (Å²) in [6.07, 6.45) is 10.3. The Bertz CT molecular complexity index is 1280. The van der Waals surface area contributed by atoms with Crippen LogP contribution in [0.2, 0.25) is 0 Å². The first-order valence-electron chi connectivity index (χ1n) is 13.6. The lowest BCUT2D eigenvalue weighted by atomic mass is 9.73. The minimum absolute atomic E-state index is 0.0885. The quantitative estimate of drug-likeness (QED) is 0.505. The number of aryl methyl sites for hydroxylation is 1. The number of pyridine rings is 1. The predicted octanol–water partition coefficient (Wildman–Crippen LogP) is 4.05. The maximum Gasteiger partial charge on any atom is 0.274 e. The number of carbonyl (C=O) groups is 2. The van der Waals surface area contributed by atoms with Gasteiger partial charge in [-0.05, 0) is 55.2 Å². The van der Waals surface area contributed by atoms with Crippen LogP contribution in [0.25, 0.3) is 0 Å². The van der Waals surface area contributed by atoms with Crippen LogP contribution in [-0.4, -0.2) is 76.5 Å². The molecular weight excluding hydrogens is 494 g/mol. The molecule has 1 saturated heterocycles. The average molecular weight is 530 g/mol. The second kappa shape index (κ2) is 12.2. The number of amides is 2. The van der Waals surface area contributed by atoms with E-state index >= 15 is 0 Å². The number of hydrogen-bond acceptors (Lipinski definition) is 7. The van der Waals surface area contributed by atoms with Gasteiger partial charge in [-0.3, -0.25) is 14.6 Å². The number of methoxy groups -OCH3 is 1. The van der Waals surface area contributed by atoms with E-state index in [1.165, 1.54) is 11.8 Å². The second-order valence-corrected chi connectivity index (χ2v) is 10.3. The number of rotatable bonds is 3. The number of likely N-dealkylation sites (tertiary alicyclic amines) is 1.